The smallest absolute Gasteiger partial charge is 0.190 e. The van der Waals surface area contributed by atoms with Gasteiger partial charge in [-0.15, -0.1) is 24.0 Å². The molecule has 0 aromatic heterocycles. The lowest BCUT2D eigenvalue weighted by molar-refractivity contribution is 0.145. The largest absolute Gasteiger partial charge is 0.493 e. The summed E-state index contributed by atoms with van der Waals surface area (Å²) >= 11 is 0. The first-order chi connectivity index (χ1) is 11.7. The molecule has 1 aromatic rings. The Kier molecular flexibility index (Phi) is 14.6. The van der Waals surface area contributed by atoms with Gasteiger partial charge in [0.2, 0.25) is 0 Å². The molecule has 0 aliphatic rings. The Morgan fingerprint density at radius 1 is 1.12 bits per heavy atom. The van der Waals surface area contributed by atoms with Gasteiger partial charge in [-0.25, -0.2) is 0 Å². The minimum atomic E-state index is 0. The molecular weight excluding hydrogens is 429 g/mol. The maximum absolute atomic E-state index is 5.70. The summed E-state index contributed by atoms with van der Waals surface area (Å²) < 4.78 is 11.0. The Morgan fingerprint density at radius 3 is 2.40 bits per heavy atom. The van der Waals surface area contributed by atoms with Crippen LogP contribution in [0.25, 0.3) is 0 Å². The molecule has 0 heterocycles. The quantitative estimate of drug-likeness (QED) is 0.229. The Labute approximate surface area is 170 Å². The molecule has 0 spiro atoms. The van der Waals surface area contributed by atoms with Gasteiger partial charge in [-0.2, -0.15) is 0 Å². The molecule has 0 radical (unpaired) electrons. The number of hydrogen-bond acceptors (Lipinski definition) is 3. The van der Waals surface area contributed by atoms with Crippen LogP contribution in [0.1, 0.15) is 32.8 Å². The number of nitrogens with zero attached hydrogens (tertiary/aromatic N) is 1. The van der Waals surface area contributed by atoms with Gasteiger partial charge < -0.3 is 20.1 Å². The van der Waals surface area contributed by atoms with Gasteiger partial charge in [0, 0.05) is 33.4 Å². The predicted octanol–water partition coefficient (Wildman–Crippen LogP) is 3.47. The molecule has 0 bridgehead atoms. The van der Waals surface area contributed by atoms with E-state index in [0.717, 1.165) is 57.5 Å². The summed E-state index contributed by atoms with van der Waals surface area (Å²) in [5.74, 6) is 2.32. The number of benzene rings is 1. The second-order valence-corrected chi connectivity index (χ2v) is 6.08. The van der Waals surface area contributed by atoms with Crippen molar-refractivity contribution in [1.29, 1.82) is 0 Å². The number of ether oxygens (including phenoxy) is 2. The summed E-state index contributed by atoms with van der Waals surface area (Å²) in [6.45, 7) is 10.3. The molecule has 0 atom stereocenters. The first-order valence-electron chi connectivity index (χ1n) is 8.89. The van der Waals surface area contributed by atoms with Gasteiger partial charge in [0.15, 0.2) is 5.96 Å². The van der Waals surface area contributed by atoms with E-state index >= 15 is 0 Å². The van der Waals surface area contributed by atoms with Crippen LogP contribution in [-0.4, -0.2) is 45.9 Å². The zero-order chi connectivity index (χ0) is 17.6. The standard InChI is InChI=1S/C19H33N3O2.HI/c1-5-23-14-6-12-21-19(20-4)22-13-11-17-7-9-18(10-8-17)24-15-16(2)3;/h7-10,16H,5-6,11-15H2,1-4H3,(H2,20,21,22);1H. The van der Waals surface area contributed by atoms with Gasteiger partial charge in [-0.05, 0) is 43.4 Å². The maximum Gasteiger partial charge on any atom is 0.190 e. The van der Waals surface area contributed by atoms with Gasteiger partial charge in [0.05, 0.1) is 6.61 Å². The molecule has 0 unspecified atom stereocenters. The van der Waals surface area contributed by atoms with Crippen LogP contribution in [-0.2, 0) is 11.2 Å². The molecule has 6 heteroatoms. The highest BCUT2D eigenvalue weighted by molar-refractivity contribution is 14.0. The Hall–Kier alpha value is -1.02. The molecule has 2 N–H and O–H groups in total. The number of nitrogens with one attached hydrogen (secondary N) is 2. The molecule has 0 aliphatic heterocycles. The van der Waals surface area contributed by atoms with Crippen molar-refractivity contribution in [2.45, 2.75) is 33.6 Å². The molecule has 25 heavy (non-hydrogen) atoms. The summed E-state index contributed by atoms with van der Waals surface area (Å²) in [7, 11) is 1.79. The minimum Gasteiger partial charge on any atom is -0.493 e. The Balaban J connectivity index is 0.00000576. The van der Waals surface area contributed by atoms with Crippen LogP contribution in [0, 0.1) is 5.92 Å². The second-order valence-electron chi connectivity index (χ2n) is 6.08. The fourth-order valence-corrected chi connectivity index (χ4v) is 2.09. The number of hydrogen-bond donors (Lipinski definition) is 2. The van der Waals surface area contributed by atoms with Crippen LogP contribution in [0.3, 0.4) is 0 Å². The predicted molar refractivity (Wildman–Crippen MR) is 116 cm³/mol. The lowest BCUT2D eigenvalue weighted by atomic mass is 10.1. The lowest BCUT2D eigenvalue weighted by Crippen LogP contribution is -2.39. The topological polar surface area (TPSA) is 54.9 Å². The van der Waals surface area contributed by atoms with Crippen LogP contribution in [0.4, 0.5) is 0 Å². The van der Waals surface area contributed by atoms with Gasteiger partial charge >= 0.3 is 0 Å². The SMILES string of the molecule is CCOCCCNC(=NC)NCCc1ccc(OCC(C)C)cc1.I. The van der Waals surface area contributed by atoms with Crippen molar-refractivity contribution >= 4 is 29.9 Å². The van der Waals surface area contributed by atoms with E-state index in [-0.39, 0.29) is 24.0 Å². The number of guanidine groups is 1. The zero-order valence-corrected chi connectivity index (χ0v) is 18.3. The first-order valence-corrected chi connectivity index (χ1v) is 8.89. The Bertz CT molecular complexity index is 464. The third kappa shape index (κ3) is 12.0. The summed E-state index contributed by atoms with van der Waals surface area (Å²) in [4.78, 5) is 4.23. The summed E-state index contributed by atoms with van der Waals surface area (Å²) in [6, 6.07) is 8.32. The van der Waals surface area contributed by atoms with Crippen molar-refractivity contribution in [3.05, 3.63) is 29.8 Å². The summed E-state index contributed by atoms with van der Waals surface area (Å²) in [5.41, 5.74) is 1.28. The zero-order valence-electron chi connectivity index (χ0n) is 16.0. The van der Waals surface area contributed by atoms with E-state index in [1.54, 1.807) is 7.05 Å². The fraction of sp³-hybridized carbons (Fsp3) is 0.632. The van der Waals surface area contributed by atoms with Crippen LogP contribution < -0.4 is 15.4 Å². The number of halogens is 1. The van der Waals surface area contributed by atoms with E-state index in [1.807, 2.05) is 19.1 Å². The van der Waals surface area contributed by atoms with E-state index in [4.69, 9.17) is 9.47 Å². The molecular formula is C19H34IN3O2. The van der Waals surface area contributed by atoms with Crippen molar-refractivity contribution in [3.63, 3.8) is 0 Å². The average molecular weight is 463 g/mol. The van der Waals surface area contributed by atoms with Gasteiger partial charge in [0.25, 0.3) is 0 Å². The van der Waals surface area contributed by atoms with E-state index in [9.17, 15) is 0 Å². The van der Waals surface area contributed by atoms with Crippen molar-refractivity contribution in [2.75, 3.05) is 40.0 Å². The van der Waals surface area contributed by atoms with Gasteiger partial charge in [-0.3, -0.25) is 4.99 Å². The van der Waals surface area contributed by atoms with Crippen LogP contribution in [0.5, 0.6) is 5.75 Å². The highest BCUT2D eigenvalue weighted by Gasteiger charge is 2.00. The van der Waals surface area contributed by atoms with Crippen LogP contribution >= 0.6 is 24.0 Å². The van der Waals surface area contributed by atoms with Crippen molar-refractivity contribution in [3.8, 4) is 5.75 Å². The molecule has 1 aromatic carbocycles. The number of rotatable bonds is 11. The van der Waals surface area contributed by atoms with Crippen molar-refractivity contribution < 1.29 is 9.47 Å². The van der Waals surface area contributed by atoms with Crippen molar-refractivity contribution in [1.82, 2.24) is 10.6 Å². The second kappa shape index (κ2) is 15.3. The summed E-state index contributed by atoms with van der Waals surface area (Å²) in [6.07, 6.45) is 1.93. The first kappa shape index (κ1) is 24.0. The molecule has 1 rings (SSSR count). The van der Waals surface area contributed by atoms with Crippen LogP contribution in [0.2, 0.25) is 0 Å². The fourth-order valence-electron chi connectivity index (χ4n) is 2.09. The molecule has 5 nitrogen and oxygen atoms in total. The average Bonchev–Trinajstić information content (AvgIpc) is 2.59. The normalized spacial score (nSPS) is 11.2. The van der Waals surface area contributed by atoms with Crippen molar-refractivity contribution in [2.24, 2.45) is 10.9 Å². The van der Waals surface area contributed by atoms with Crippen LogP contribution in [0.15, 0.2) is 29.3 Å². The third-order valence-electron chi connectivity index (χ3n) is 3.40. The molecule has 0 saturated carbocycles. The van der Waals surface area contributed by atoms with Gasteiger partial charge in [0.1, 0.15) is 5.75 Å². The third-order valence-corrected chi connectivity index (χ3v) is 3.40. The van der Waals surface area contributed by atoms with E-state index in [1.165, 1.54) is 5.56 Å². The summed E-state index contributed by atoms with van der Waals surface area (Å²) in [5, 5.41) is 6.62. The molecule has 0 saturated heterocycles. The Morgan fingerprint density at radius 2 is 1.80 bits per heavy atom. The van der Waals surface area contributed by atoms with E-state index in [0.29, 0.717) is 5.92 Å². The van der Waals surface area contributed by atoms with E-state index < -0.39 is 0 Å². The highest BCUT2D eigenvalue weighted by atomic mass is 127. The highest BCUT2D eigenvalue weighted by Crippen LogP contribution is 2.13. The maximum atomic E-state index is 5.70. The van der Waals surface area contributed by atoms with E-state index in [2.05, 4.69) is 41.6 Å². The minimum absolute atomic E-state index is 0. The van der Waals surface area contributed by atoms with Gasteiger partial charge in [-0.1, -0.05) is 26.0 Å². The molecule has 0 fully saturated rings. The number of aliphatic imine (C=N–C) groups is 1. The lowest BCUT2D eigenvalue weighted by Gasteiger charge is -2.12. The molecule has 0 amide bonds. The molecule has 144 valence electrons. The molecule has 0 aliphatic carbocycles. The monoisotopic (exact) mass is 463 g/mol.